The van der Waals surface area contributed by atoms with Gasteiger partial charge in [-0.2, -0.15) is 0 Å². The number of nitrogens with zero attached hydrogens (tertiary/aromatic N) is 1. The number of anilines is 3. The summed E-state index contributed by atoms with van der Waals surface area (Å²) in [6.07, 6.45) is 0. The van der Waals surface area contributed by atoms with Crippen molar-refractivity contribution in [3.8, 4) is 33.4 Å². The van der Waals surface area contributed by atoms with Gasteiger partial charge >= 0.3 is 0 Å². The molecule has 0 aromatic heterocycles. The SMILES string of the molecule is CC1(C)c2ccccc2-c2cc3c(cc21)-c1ccc(N(c2ccc(-c4ccccc4)cc2)c2ccc4ccc5ccccc5c4c2)cc1C3(C)C. The predicted molar refractivity (Wildman–Crippen MR) is 217 cm³/mol. The first-order chi connectivity index (χ1) is 24.8. The topological polar surface area (TPSA) is 3.24 Å². The third kappa shape index (κ3) is 4.41. The maximum Gasteiger partial charge on any atom is 0.0468 e. The van der Waals surface area contributed by atoms with Crippen molar-refractivity contribution in [2.45, 2.75) is 38.5 Å². The lowest BCUT2D eigenvalue weighted by atomic mass is 9.79. The molecule has 2 aliphatic rings. The molecule has 8 aromatic rings. The molecule has 0 aliphatic heterocycles. The highest BCUT2D eigenvalue weighted by Gasteiger charge is 2.41. The molecule has 8 aromatic carbocycles. The normalized spacial score (nSPS) is 14.6. The second-order valence-electron chi connectivity index (χ2n) is 15.4. The van der Waals surface area contributed by atoms with Crippen molar-refractivity contribution >= 4 is 38.6 Å². The van der Waals surface area contributed by atoms with Gasteiger partial charge in [-0.1, -0.05) is 143 Å². The zero-order chi connectivity index (χ0) is 34.5. The number of rotatable bonds is 4. The average molecular weight is 654 g/mol. The van der Waals surface area contributed by atoms with E-state index >= 15 is 0 Å². The number of benzene rings is 8. The molecule has 10 rings (SSSR count). The molecule has 0 heterocycles. The standard InChI is InChI=1S/C50H39N/c1-49(2)45-17-11-10-16-40(45)43-30-48-44(31-47(43)49)41-27-26-38(29-46(41)50(48,3)4)51(36-23-20-33(21-24-36)32-12-6-5-7-13-32)37-25-22-35-19-18-34-14-8-9-15-39(34)42(35)28-37/h5-31H,1-4H3. The quantitative estimate of drug-likeness (QED) is 0.171. The maximum absolute atomic E-state index is 2.51. The number of hydrogen-bond acceptors (Lipinski definition) is 1. The Hall–Kier alpha value is -5.92. The van der Waals surface area contributed by atoms with E-state index in [2.05, 4.69) is 196 Å². The van der Waals surface area contributed by atoms with E-state index in [4.69, 9.17) is 0 Å². The summed E-state index contributed by atoms with van der Waals surface area (Å²) in [7, 11) is 0. The highest BCUT2D eigenvalue weighted by Crippen LogP contribution is 2.56. The van der Waals surface area contributed by atoms with E-state index in [9.17, 15) is 0 Å². The van der Waals surface area contributed by atoms with Crippen LogP contribution in [0.25, 0.3) is 54.9 Å². The largest absolute Gasteiger partial charge is 0.310 e. The molecule has 0 amide bonds. The molecule has 2 aliphatic carbocycles. The maximum atomic E-state index is 2.51. The summed E-state index contributed by atoms with van der Waals surface area (Å²) in [6, 6.07) is 60.9. The number of hydrogen-bond donors (Lipinski definition) is 0. The molecule has 0 saturated carbocycles. The molecule has 0 bridgehead atoms. The fourth-order valence-electron chi connectivity index (χ4n) is 9.07. The lowest BCUT2D eigenvalue weighted by Crippen LogP contribution is -2.17. The van der Waals surface area contributed by atoms with Crippen LogP contribution in [-0.2, 0) is 10.8 Å². The minimum Gasteiger partial charge on any atom is -0.310 e. The third-order valence-electron chi connectivity index (χ3n) is 11.8. The molecule has 0 fully saturated rings. The molecule has 0 radical (unpaired) electrons. The minimum absolute atomic E-state index is 0.0310. The first kappa shape index (κ1) is 29.9. The summed E-state index contributed by atoms with van der Waals surface area (Å²) in [5, 5.41) is 5.05. The van der Waals surface area contributed by atoms with Crippen LogP contribution in [0.1, 0.15) is 49.9 Å². The highest BCUT2D eigenvalue weighted by molar-refractivity contribution is 6.09. The van der Waals surface area contributed by atoms with Crippen LogP contribution in [0, 0.1) is 0 Å². The van der Waals surface area contributed by atoms with E-state index in [-0.39, 0.29) is 10.8 Å². The smallest absolute Gasteiger partial charge is 0.0468 e. The van der Waals surface area contributed by atoms with Crippen molar-refractivity contribution in [1.29, 1.82) is 0 Å². The van der Waals surface area contributed by atoms with Gasteiger partial charge in [0.25, 0.3) is 0 Å². The predicted octanol–water partition coefficient (Wildman–Crippen LogP) is 13.7. The summed E-state index contributed by atoms with van der Waals surface area (Å²) in [5.41, 5.74) is 16.8. The van der Waals surface area contributed by atoms with Crippen LogP contribution in [0.5, 0.6) is 0 Å². The van der Waals surface area contributed by atoms with Gasteiger partial charge in [0.2, 0.25) is 0 Å². The molecular formula is C50H39N. The molecule has 244 valence electrons. The molecule has 0 N–H and O–H groups in total. The van der Waals surface area contributed by atoms with Crippen molar-refractivity contribution in [1.82, 2.24) is 0 Å². The zero-order valence-electron chi connectivity index (χ0n) is 29.5. The molecule has 1 nitrogen and oxygen atoms in total. The molecule has 0 atom stereocenters. The van der Waals surface area contributed by atoms with Crippen molar-refractivity contribution < 1.29 is 0 Å². The van der Waals surface area contributed by atoms with Crippen molar-refractivity contribution in [3.05, 3.63) is 186 Å². The summed E-state index contributed by atoms with van der Waals surface area (Å²) in [4.78, 5) is 2.44. The van der Waals surface area contributed by atoms with E-state index in [1.807, 2.05) is 0 Å². The first-order valence-electron chi connectivity index (χ1n) is 18.1. The molecular weight excluding hydrogens is 615 g/mol. The first-order valence-corrected chi connectivity index (χ1v) is 18.1. The Labute approximate surface area is 300 Å². The van der Waals surface area contributed by atoms with Gasteiger partial charge in [0.15, 0.2) is 0 Å². The Balaban J connectivity index is 1.14. The fourth-order valence-corrected chi connectivity index (χ4v) is 9.07. The Morgan fingerprint density at radius 1 is 0.333 bits per heavy atom. The van der Waals surface area contributed by atoms with E-state index in [1.165, 1.54) is 82.9 Å². The van der Waals surface area contributed by atoms with Crippen LogP contribution in [0.4, 0.5) is 17.1 Å². The van der Waals surface area contributed by atoms with Crippen molar-refractivity contribution in [3.63, 3.8) is 0 Å². The van der Waals surface area contributed by atoms with E-state index < -0.39 is 0 Å². The zero-order valence-corrected chi connectivity index (χ0v) is 29.5. The van der Waals surface area contributed by atoms with Crippen LogP contribution >= 0.6 is 0 Å². The molecule has 0 unspecified atom stereocenters. The van der Waals surface area contributed by atoms with Gasteiger partial charge in [-0.25, -0.2) is 0 Å². The molecule has 51 heavy (non-hydrogen) atoms. The Kier molecular flexibility index (Phi) is 6.34. The Morgan fingerprint density at radius 3 is 1.61 bits per heavy atom. The third-order valence-corrected chi connectivity index (χ3v) is 11.8. The summed E-state index contributed by atoms with van der Waals surface area (Å²) in [6.45, 7) is 9.56. The van der Waals surface area contributed by atoms with E-state index in [1.54, 1.807) is 0 Å². The van der Waals surface area contributed by atoms with Gasteiger partial charge in [-0.05, 0) is 126 Å². The van der Waals surface area contributed by atoms with Gasteiger partial charge < -0.3 is 4.90 Å². The van der Waals surface area contributed by atoms with Gasteiger partial charge in [-0.15, -0.1) is 0 Å². The molecule has 0 spiro atoms. The van der Waals surface area contributed by atoms with Crippen molar-refractivity contribution in [2.24, 2.45) is 0 Å². The summed E-state index contributed by atoms with van der Waals surface area (Å²) >= 11 is 0. The average Bonchev–Trinajstić information content (AvgIpc) is 3.53. The van der Waals surface area contributed by atoms with Gasteiger partial charge in [0, 0.05) is 27.9 Å². The lowest BCUT2D eigenvalue weighted by Gasteiger charge is -2.28. The van der Waals surface area contributed by atoms with Gasteiger partial charge in [-0.3, -0.25) is 0 Å². The Morgan fingerprint density at radius 2 is 0.843 bits per heavy atom. The second-order valence-corrected chi connectivity index (χ2v) is 15.4. The van der Waals surface area contributed by atoms with Crippen LogP contribution in [0.3, 0.4) is 0 Å². The van der Waals surface area contributed by atoms with Crippen molar-refractivity contribution in [2.75, 3.05) is 4.90 Å². The van der Waals surface area contributed by atoms with E-state index in [0.717, 1.165) is 11.4 Å². The monoisotopic (exact) mass is 653 g/mol. The van der Waals surface area contributed by atoms with E-state index in [0.29, 0.717) is 0 Å². The Bertz CT molecular complexity index is 2680. The van der Waals surface area contributed by atoms with Crippen LogP contribution in [0.2, 0.25) is 0 Å². The van der Waals surface area contributed by atoms with Crippen LogP contribution in [-0.4, -0.2) is 0 Å². The highest BCUT2D eigenvalue weighted by atomic mass is 15.1. The lowest BCUT2D eigenvalue weighted by molar-refractivity contribution is 0.652. The fraction of sp³-hybridized carbons (Fsp3) is 0.120. The minimum atomic E-state index is -0.153. The van der Waals surface area contributed by atoms with Crippen LogP contribution in [0.15, 0.2) is 164 Å². The summed E-state index contributed by atoms with van der Waals surface area (Å²) < 4.78 is 0. The van der Waals surface area contributed by atoms with Gasteiger partial charge in [0.05, 0.1) is 0 Å². The second kappa shape index (κ2) is 10.8. The molecule has 1 heteroatoms. The molecule has 0 saturated heterocycles. The van der Waals surface area contributed by atoms with Crippen LogP contribution < -0.4 is 4.90 Å². The van der Waals surface area contributed by atoms with Gasteiger partial charge in [0.1, 0.15) is 0 Å². The number of fused-ring (bicyclic) bond motifs is 9. The summed E-state index contributed by atoms with van der Waals surface area (Å²) in [5.74, 6) is 0.